The third-order valence-electron chi connectivity index (χ3n) is 6.56. The predicted octanol–water partition coefficient (Wildman–Crippen LogP) is 4.59. The summed E-state index contributed by atoms with van der Waals surface area (Å²) in [6.07, 6.45) is 4.35. The molecule has 0 atom stereocenters. The molecule has 8 nitrogen and oxygen atoms in total. The Labute approximate surface area is 211 Å². The average molecular weight is 500 g/mol. The van der Waals surface area contributed by atoms with Crippen molar-refractivity contribution in [2.45, 2.75) is 20.3 Å². The third kappa shape index (κ3) is 4.29. The van der Waals surface area contributed by atoms with E-state index in [1.54, 1.807) is 29.5 Å². The second-order valence-electron chi connectivity index (χ2n) is 8.71. The summed E-state index contributed by atoms with van der Waals surface area (Å²) < 4.78 is 0. The Morgan fingerprint density at radius 3 is 2.67 bits per heavy atom. The van der Waals surface area contributed by atoms with Gasteiger partial charge in [0.05, 0.1) is 11.1 Å². The van der Waals surface area contributed by atoms with Crippen molar-refractivity contribution >= 4 is 51.2 Å². The first kappa shape index (κ1) is 23.5. The molecule has 5 rings (SSSR count). The molecule has 0 aliphatic carbocycles. The number of hydrogen-bond acceptors (Lipinski definition) is 5. The fourth-order valence-corrected chi connectivity index (χ4v) is 5.14. The van der Waals surface area contributed by atoms with Crippen molar-refractivity contribution in [2.75, 3.05) is 18.4 Å². The maximum Gasteiger partial charge on any atom is 0.284 e. The van der Waals surface area contributed by atoms with Crippen LogP contribution in [0, 0.1) is 6.92 Å². The molecular formula is C27H25N5O3S. The second-order valence-corrected chi connectivity index (χ2v) is 9.61. The van der Waals surface area contributed by atoms with Crippen LogP contribution in [0.15, 0.2) is 54.1 Å². The summed E-state index contributed by atoms with van der Waals surface area (Å²) >= 11 is 1.28. The fraction of sp³-hybridized carbons (Fsp3) is 0.185. The van der Waals surface area contributed by atoms with Crippen molar-refractivity contribution in [3.05, 3.63) is 75.9 Å². The summed E-state index contributed by atoms with van der Waals surface area (Å²) in [5, 5.41) is 5.98. The standard InChI is InChI=1S/C27H25N5O3S/c1-15-18(4-3-5-22(15)31-26(35)27-29-10-13-36-27)19-6-7-20(25(28)34)24-21(19)14-23(30-24)17-8-11-32(12-9-17)16(2)33/h3-8,10,13-14,30H,9,11-12H2,1-2H3,(H2,28,34)(H,31,35). The molecule has 1 aliphatic heterocycles. The molecule has 0 saturated heterocycles. The molecule has 2 aromatic carbocycles. The number of aromatic amines is 1. The van der Waals surface area contributed by atoms with E-state index < -0.39 is 5.91 Å². The lowest BCUT2D eigenvalue weighted by atomic mass is 9.94. The first-order valence-electron chi connectivity index (χ1n) is 11.5. The zero-order valence-corrected chi connectivity index (χ0v) is 20.7. The molecule has 0 spiro atoms. The van der Waals surface area contributed by atoms with E-state index >= 15 is 0 Å². The van der Waals surface area contributed by atoms with Crippen LogP contribution in [0.2, 0.25) is 0 Å². The monoisotopic (exact) mass is 499 g/mol. The van der Waals surface area contributed by atoms with Crippen LogP contribution in [0.25, 0.3) is 27.6 Å². The number of thiazole rings is 1. The molecule has 3 heterocycles. The second kappa shape index (κ2) is 9.43. The number of nitrogens with one attached hydrogen (secondary N) is 2. The number of benzene rings is 2. The van der Waals surface area contributed by atoms with Gasteiger partial charge in [-0.25, -0.2) is 4.98 Å². The van der Waals surface area contributed by atoms with Crippen molar-refractivity contribution in [3.8, 4) is 11.1 Å². The van der Waals surface area contributed by atoms with Crippen molar-refractivity contribution < 1.29 is 14.4 Å². The van der Waals surface area contributed by atoms with Gasteiger partial charge >= 0.3 is 0 Å². The van der Waals surface area contributed by atoms with Gasteiger partial charge < -0.3 is 20.9 Å². The van der Waals surface area contributed by atoms with E-state index in [1.807, 2.05) is 43.3 Å². The largest absolute Gasteiger partial charge is 0.366 e. The number of nitrogens with zero attached hydrogens (tertiary/aromatic N) is 2. The zero-order chi connectivity index (χ0) is 25.4. The van der Waals surface area contributed by atoms with E-state index in [-0.39, 0.29) is 11.8 Å². The normalized spacial score (nSPS) is 13.5. The molecule has 0 bridgehead atoms. The van der Waals surface area contributed by atoms with Gasteiger partial charge in [-0.1, -0.05) is 24.3 Å². The van der Waals surface area contributed by atoms with Crippen LogP contribution in [-0.2, 0) is 4.79 Å². The number of anilines is 1. The number of aromatic nitrogens is 2. The SMILES string of the molecule is CC(=O)N1CC=C(c2cc3c(-c4cccc(NC(=O)c5nccs5)c4C)ccc(C(N)=O)c3[nH]2)CC1. The molecule has 9 heteroatoms. The Kier molecular flexibility index (Phi) is 6.15. The number of rotatable bonds is 5. The quantitative estimate of drug-likeness (QED) is 0.372. The Balaban J connectivity index is 1.58. The van der Waals surface area contributed by atoms with Crippen molar-refractivity contribution in [1.82, 2.24) is 14.9 Å². The number of carbonyl (C=O) groups is 3. The molecule has 4 aromatic rings. The molecule has 0 radical (unpaired) electrons. The molecule has 36 heavy (non-hydrogen) atoms. The summed E-state index contributed by atoms with van der Waals surface area (Å²) in [6.45, 7) is 4.72. The van der Waals surface area contributed by atoms with Crippen LogP contribution >= 0.6 is 11.3 Å². The molecule has 2 aromatic heterocycles. The van der Waals surface area contributed by atoms with E-state index in [1.165, 1.54) is 11.3 Å². The van der Waals surface area contributed by atoms with E-state index in [2.05, 4.69) is 15.3 Å². The highest BCUT2D eigenvalue weighted by molar-refractivity contribution is 7.11. The molecule has 1 aliphatic rings. The number of primary amides is 1. The van der Waals surface area contributed by atoms with Gasteiger partial charge in [0.1, 0.15) is 0 Å². The maximum absolute atomic E-state index is 12.6. The highest BCUT2D eigenvalue weighted by atomic mass is 32.1. The summed E-state index contributed by atoms with van der Waals surface area (Å²) in [4.78, 5) is 45.8. The molecule has 0 saturated carbocycles. The van der Waals surface area contributed by atoms with E-state index in [0.717, 1.165) is 33.3 Å². The minimum atomic E-state index is -0.512. The molecule has 0 unspecified atom stereocenters. The van der Waals surface area contributed by atoms with Gasteiger partial charge in [0, 0.05) is 48.4 Å². The van der Waals surface area contributed by atoms with E-state index in [4.69, 9.17) is 5.73 Å². The Hall–Kier alpha value is -4.24. The number of amides is 3. The number of fused-ring (bicyclic) bond motifs is 1. The van der Waals surface area contributed by atoms with Crippen LogP contribution in [0.5, 0.6) is 0 Å². The first-order chi connectivity index (χ1) is 17.3. The number of nitrogens with two attached hydrogens (primary N) is 1. The fourth-order valence-electron chi connectivity index (χ4n) is 4.61. The van der Waals surface area contributed by atoms with E-state index in [9.17, 15) is 14.4 Å². The zero-order valence-electron chi connectivity index (χ0n) is 19.9. The predicted molar refractivity (Wildman–Crippen MR) is 142 cm³/mol. The topological polar surface area (TPSA) is 121 Å². The van der Waals surface area contributed by atoms with Gasteiger partial charge in [-0.2, -0.15) is 0 Å². The van der Waals surface area contributed by atoms with Crippen LogP contribution in [0.3, 0.4) is 0 Å². The van der Waals surface area contributed by atoms with Crippen molar-refractivity contribution in [2.24, 2.45) is 5.73 Å². The van der Waals surface area contributed by atoms with Gasteiger partial charge in [-0.05, 0) is 53.8 Å². The Morgan fingerprint density at radius 2 is 2.00 bits per heavy atom. The van der Waals surface area contributed by atoms with Gasteiger partial charge in [0.25, 0.3) is 11.8 Å². The van der Waals surface area contributed by atoms with Crippen molar-refractivity contribution in [3.63, 3.8) is 0 Å². The van der Waals surface area contributed by atoms with E-state index in [0.29, 0.717) is 41.3 Å². The average Bonchev–Trinajstić information content (AvgIpc) is 3.55. The van der Waals surface area contributed by atoms with Gasteiger partial charge in [-0.15, -0.1) is 11.3 Å². The Bertz CT molecular complexity index is 1530. The smallest absolute Gasteiger partial charge is 0.284 e. The van der Waals surface area contributed by atoms with Gasteiger partial charge in [0.2, 0.25) is 5.91 Å². The lowest BCUT2D eigenvalue weighted by molar-refractivity contribution is -0.128. The highest BCUT2D eigenvalue weighted by Crippen LogP contribution is 2.37. The molecule has 0 fully saturated rings. The molecular weight excluding hydrogens is 474 g/mol. The number of H-pyrrole nitrogens is 1. The maximum atomic E-state index is 12.6. The van der Waals surface area contributed by atoms with Gasteiger partial charge in [0.15, 0.2) is 5.01 Å². The van der Waals surface area contributed by atoms with Crippen LogP contribution in [0.1, 0.15) is 44.8 Å². The number of hydrogen-bond donors (Lipinski definition) is 3. The minimum Gasteiger partial charge on any atom is -0.366 e. The lowest BCUT2D eigenvalue weighted by Gasteiger charge is -2.24. The van der Waals surface area contributed by atoms with Crippen LogP contribution in [-0.4, -0.2) is 45.7 Å². The summed E-state index contributed by atoms with van der Waals surface area (Å²) in [6, 6.07) is 11.4. The Morgan fingerprint density at radius 1 is 1.17 bits per heavy atom. The van der Waals surface area contributed by atoms with Crippen LogP contribution < -0.4 is 11.1 Å². The first-order valence-corrected chi connectivity index (χ1v) is 12.4. The lowest BCUT2D eigenvalue weighted by Crippen LogP contribution is -2.32. The highest BCUT2D eigenvalue weighted by Gasteiger charge is 2.20. The summed E-state index contributed by atoms with van der Waals surface area (Å²) in [5.41, 5.74) is 12.2. The summed E-state index contributed by atoms with van der Waals surface area (Å²) in [5.74, 6) is -0.716. The molecule has 182 valence electrons. The third-order valence-corrected chi connectivity index (χ3v) is 7.33. The molecule has 4 N–H and O–H groups in total. The van der Waals surface area contributed by atoms with Crippen molar-refractivity contribution in [1.29, 1.82) is 0 Å². The van der Waals surface area contributed by atoms with Crippen LogP contribution in [0.4, 0.5) is 5.69 Å². The summed E-state index contributed by atoms with van der Waals surface area (Å²) in [7, 11) is 0. The van der Waals surface area contributed by atoms with Gasteiger partial charge in [-0.3, -0.25) is 14.4 Å². The minimum absolute atomic E-state index is 0.0533. The number of carbonyl (C=O) groups excluding carboxylic acids is 3. The molecule has 3 amide bonds.